The molecule has 0 fully saturated rings. The number of amides is 1. The van der Waals surface area contributed by atoms with Crippen LogP contribution < -0.4 is 10.1 Å². The lowest BCUT2D eigenvalue weighted by molar-refractivity contribution is -0.116. The molecule has 1 aromatic heterocycles. The van der Waals surface area contributed by atoms with Crippen LogP contribution in [-0.4, -0.2) is 16.6 Å². The third-order valence-electron chi connectivity index (χ3n) is 5.04. The molecule has 0 aliphatic heterocycles. The number of carbonyl (C=O) groups is 1. The van der Waals surface area contributed by atoms with Gasteiger partial charge in [-0.1, -0.05) is 25.5 Å². The Hall–Kier alpha value is -3.26. The number of ether oxygens (including phenoxy) is 1. The van der Waals surface area contributed by atoms with Gasteiger partial charge in [0.05, 0.1) is 22.9 Å². The van der Waals surface area contributed by atoms with Crippen molar-refractivity contribution >= 4 is 22.5 Å². The van der Waals surface area contributed by atoms with E-state index in [-0.39, 0.29) is 12.0 Å². The van der Waals surface area contributed by atoms with Crippen LogP contribution in [0.15, 0.2) is 42.5 Å². The summed E-state index contributed by atoms with van der Waals surface area (Å²) in [5.74, 6) is 0.827. The normalized spacial score (nSPS) is 10.9. The van der Waals surface area contributed by atoms with Crippen LogP contribution in [0.25, 0.3) is 22.2 Å². The molecular weight excluding hydrogens is 374 g/mol. The summed E-state index contributed by atoms with van der Waals surface area (Å²) in [5, 5.41) is 13.8. The van der Waals surface area contributed by atoms with E-state index in [1.807, 2.05) is 56.3 Å². The quantitative estimate of drug-likeness (QED) is 0.493. The second kappa shape index (κ2) is 9.49. The summed E-state index contributed by atoms with van der Waals surface area (Å²) in [6, 6.07) is 16.0. The van der Waals surface area contributed by atoms with Crippen LogP contribution in [0.4, 0.5) is 5.69 Å². The Morgan fingerprint density at radius 3 is 2.50 bits per heavy atom. The van der Waals surface area contributed by atoms with Gasteiger partial charge in [0.2, 0.25) is 5.91 Å². The fraction of sp³-hybridized carbons (Fsp3) is 0.360. The van der Waals surface area contributed by atoms with Crippen molar-refractivity contribution < 1.29 is 9.53 Å². The van der Waals surface area contributed by atoms with Gasteiger partial charge in [0.25, 0.3) is 0 Å². The van der Waals surface area contributed by atoms with Crippen LogP contribution in [0.1, 0.15) is 52.5 Å². The number of unbranched alkanes of at least 4 members (excludes halogenated alkanes) is 1. The number of hydrogen-bond acceptors (Lipinski definition) is 3. The fourth-order valence-electron chi connectivity index (χ4n) is 3.69. The van der Waals surface area contributed by atoms with Crippen LogP contribution in [0.3, 0.4) is 0 Å². The fourth-order valence-corrected chi connectivity index (χ4v) is 3.69. The molecule has 0 radical (unpaired) electrons. The molecular formula is C25H29N3O2. The van der Waals surface area contributed by atoms with Crippen molar-refractivity contribution in [2.75, 3.05) is 5.32 Å². The molecule has 1 amide bonds. The number of nitriles is 1. The van der Waals surface area contributed by atoms with Crippen molar-refractivity contribution in [3.8, 4) is 23.1 Å². The van der Waals surface area contributed by atoms with Gasteiger partial charge in [-0.2, -0.15) is 5.26 Å². The van der Waals surface area contributed by atoms with Crippen molar-refractivity contribution in [2.45, 2.75) is 59.6 Å². The summed E-state index contributed by atoms with van der Waals surface area (Å²) in [7, 11) is 0. The van der Waals surface area contributed by atoms with E-state index in [1.54, 1.807) is 0 Å². The van der Waals surface area contributed by atoms with Crippen molar-refractivity contribution in [2.24, 2.45) is 0 Å². The van der Waals surface area contributed by atoms with E-state index >= 15 is 0 Å². The highest BCUT2D eigenvalue weighted by molar-refractivity contribution is 5.96. The number of anilines is 1. The highest BCUT2D eigenvalue weighted by Crippen LogP contribution is 2.35. The molecule has 3 aromatic rings. The standard InChI is InChI=1S/C25H29N3O2/c1-5-7-8-24(29)27-19-11-9-18(10-12-19)25-22(16-26)21-14-13-20(30-17(3)4)15-23(21)28(25)6-2/h9-15,17H,5-8H2,1-4H3,(H,27,29). The molecule has 0 saturated heterocycles. The first-order valence-electron chi connectivity index (χ1n) is 10.6. The van der Waals surface area contributed by atoms with Gasteiger partial charge in [0.15, 0.2) is 0 Å². The zero-order chi connectivity index (χ0) is 21.7. The first kappa shape index (κ1) is 21.4. The second-order valence-electron chi connectivity index (χ2n) is 7.65. The van der Waals surface area contributed by atoms with Gasteiger partial charge >= 0.3 is 0 Å². The van der Waals surface area contributed by atoms with Crippen molar-refractivity contribution in [1.29, 1.82) is 5.26 Å². The van der Waals surface area contributed by atoms with Gasteiger partial charge in [-0.3, -0.25) is 4.79 Å². The lowest BCUT2D eigenvalue weighted by atomic mass is 10.1. The number of benzene rings is 2. The van der Waals surface area contributed by atoms with E-state index in [2.05, 4.69) is 29.8 Å². The first-order valence-corrected chi connectivity index (χ1v) is 10.6. The van der Waals surface area contributed by atoms with E-state index < -0.39 is 0 Å². The van der Waals surface area contributed by atoms with Crippen LogP contribution in [0.5, 0.6) is 5.75 Å². The topological polar surface area (TPSA) is 67.1 Å². The molecule has 0 unspecified atom stereocenters. The van der Waals surface area contributed by atoms with Crippen LogP contribution in [0, 0.1) is 11.3 Å². The number of aromatic nitrogens is 1. The average Bonchev–Trinajstić information content (AvgIpc) is 3.05. The Labute approximate surface area is 178 Å². The minimum Gasteiger partial charge on any atom is -0.491 e. The van der Waals surface area contributed by atoms with Gasteiger partial charge in [0, 0.05) is 30.1 Å². The average molecular weight is 404 g/mol. The maximum atomic E-state index is 12.0. The zero-order valence-electron chi connectivity index (χ0n) is 18.2. The predicted molar refractivity (Wildman–Crippen MR) is 122 cm³/mol. The van der Waals surface area contributed by atoms with E-state index in [9.17, 15) is 10.1 Å². The Morgan fingerprint density at radius 1 is 1.17 bits per heavy atom. The van der Waals surface area contributed by atoms with Gasteiger partial charge in [-0.25, -0.2) is 0 Å². The molecule has 30 heavy (non-hydrogen) atoms. The molecule has 0 bridgehead atoms. The van der Waals surface area contributed by atoms with Crippen LogP contribution in [-0.2, 0) is 11.3 Å². The smallest absolute Gasteiger partial charge is 0.224 e. The molecule has 0 atom stereocenters. The number of carbonyl (C=O) groups excluding carboxylic acids is 1. The number of fused-ring (bicyclic) bond motifs is 1. The van der Waals surface area contributed by atoms with E-state index in [0.717, 1.165) is 53.0 Å². The minimum absolute atomic E-state index is 0.0302. The lowest BCUT2D eigenvalue weighted by Crippen LogP contribution is -2.10. The monoisotopic (exact) mass is 403 g/mol. The highest BCUT2D eigenvalue weighted by Gasteiger charge is 2.19. The number of rotatable bonds is 8. The van der Waals surface area contributed by atoms with E-state index in [0.29, 0.717) is 12.0 Å². The Bertz CT molecular complexity index is 1070. The zero-order valence-corrected chi connectivity index (χ0v) is 18.2. The van der Waals surface area contributed by atoms with Gasteiger partial charge in [-0.05, 0) is 57.0 Å². The SMILES string of the molecule is CCCCC(=O)Nc1ccc(-c2c(C#N)c3ccc(OC(C)C)cc3n2CC)cc1. The van der Waals surface area contributed by atoms with Gasteiger partial charge in [0.1, 0.15) is 11.8 Å². The molecule has 1 N–H and O–H groups in total. The number of hydrogen-bond donors (Lipinski definition) is 1. The van der Waals surface area contributed by atoms with E-state index in [4.69, 9.17) is 4.74 Å². The summed E-state index contributed by atoms with van der Waals surface area (Å²) in [5.41, 5.74) is 4.25. The summed E-state index contributed by atoms with van der Waals surface area (Å²) in [4.78, 5) is 12.0. The maximum Gasteiger partial charge on any atom is 0.224 e. The first-order chi connectivity index (χ1) is 14.5. The molecule has 0 aliphatic rings. The van der Waals surface area contributed by atoms with Crippen molar-refractivity contribution in [3.63, 3.8) is 0 Å². The van der Waals surface area contributed by atoms with Crippen LogP contribution >= 0.6 is 0 Å². The second-order valence-corrected chi connectivity index (χ2v) is 7.65. The molecule has 5 heteroatoms. The third-order valence-corrected chi connectivity index (χ3v) is 5.04. The molecule has 2 aromatic carbocycles. The Morgan fingerprint density at radius 2 is 1.90 bits per heavy atom. The third kappa shape index (κ3) is 4.49. The Balaban J connectivity index is 2.00. The molecule has 5 nitrogen and oxygen atoms in total. The summed E-state index contributed by atoms with van der Waals surface area (Å²) >= 11 is 0. The van der Waals surface area contributed by atoms with Gasteiger partial charge < -0.3 is 14.6 Å². The summed E-state index contributed by atoms with van der Waals surface area (Å²) in [6.07, 6.45) is 2.49. The van der Waals surface area contributed by atoms with E-state index in [1.165, 1.54) is 0 Å². The Kier molecular flexibility index (Phi) is 6.79. The number of nitrogens with zero attached hydrogens (tertiary/aromatic N) is 2. The number of aryl methyl sites for hydroxylation is 1. The lowest BCUT2D eigenvalue weighted by Gasteiger charge is -2.12. The minimum atomic E-state index is 0.0302. The largest absolute Gasteiger partial charge is 0.491 e. The molecule has 0 saturated carbocycles. The molecule has 1 heterocycles. The highest BCUT2D eigenvalue weighted by atomic mass is 16.5. The maximum absolute atomic E-state index is 12.0. The molecule has 0 aliphatic carbocycles. The molecule has 156 valence electrons. The summed E-state index contributed by atoms with van der Waals surface area (Å²) in [6.45, 7) is 8.87. The van der Waals surface area contributed by atoms with Crippen molar-refractivity contribution in [3.05, 3.63) is 48.0 Å². The summed E-state index contributed by atoms with van der Waals surface area (Å²) < 4.78 is 8.00. The molecule has 0 spiro atoms. The predicted octanol–water partition coefficient (Wildman–Crippen LogP) is 6.12. The van der Waals surface area contributed by atoms with Crippen molar-refractivity contribution in [1.82, 2.24) is 4.57 Å². The van der Waals surface area contributed by atoms with Crippen LogP contribution in [0.2, 0.25) is 0 Å². The molecule has 3 rings (SSSR count). The number of nitrogens with one attached hydrogen (secondary N) is 1. The van der Waals surface area contributed by atoms with Gasteiger partial charge in [-0.15, -0.1) is 0 Å².